The molecule has 0 aliphatic heterocycles. The van der Waals surface area contributed by atoms with Crippen LogP contribution in [0.4, 0.5) is 5.69 Å². The van der Waals surface area contributed by atoms with Crippen molar-refractivity contribution < 1.29 is 0 Å². The number of rotatable bonds is 0. The molecule has 0 saturated heterocycles. The number of pyridine rings is 1. The molecule has 0 bridgehead atoms. The molecular weight excluding hydrogens is 227 g/mol. The van der Waals surface area contributed by atoms with Gasteiger partial charge in [-0.25, -0.2) is 0 Å². The fraction of sp³-hybridized carbons (Fsp3) is 0.167. The van der Waals surface area contributed by atoms with E-state index < -0.39 is 0 Å². The number of nitrogen functional groups attached to an aromatic ring is 1. The average molecular weight is 234 g/mol. The highest BCUT2D eigenvalue weighted by Gasteiger charge is 1.95. The standard InChI is InChI=1S/C6H7IN2/c1-4-6(8)5(7)2-3-9-4/h2-3H,8H2,1H3. The van der Waals surface area contributed by atoms with E-state index in [0.29, 0.717) is 0 Å². The number of nitrogens with zero attached hydrogens (tertiary/aromatic N) is 1. The Labute approximate surface area is 67.6 Å². The van der Waals surface area contributed by atoms with Gasteiger partial charge in [-0.05, 0) is 35.6 Å². The summed E-state index contributed by atoms with van der Waals surface area (Å²) in [6, 6.07) is 1.89. The lowest BCUT2D eigenvalue weighted by molar-refractivity contribution is 1.20. The van der Waals surface area contributed by atoms with Gasteiger partial charge >= 0.3 is 0 Å². The smallest absolute Gasteiger partial charge is 0.0666 e. The third-order valence-electron chi connectivity index (χ3n) is 1.14. The Morgan fingerprint density at radius 3 is 2.78 bits per heavy atom. The first kappa shape index (κ1) is 6.80. The Morgan fingerprint density at radius 2 is 2.33 bits per heavy atom. The zero-order valence-electron chi connectivity index (χ0n) is 5.06. The third kappa shape index (κ3) is 1.32. The number of anilines is 1. The SMILES string of the molecule is Cc1nccc(I)c1N. The van der Waals surface area contributed by atoms with Gasteiger partial charge in [-0.15, -0.1) is 0 Å². The second-order valence-electron chi connectivity index (χ2n) is 1.79. The van der Waals surface area contributed by atoms with Crippen LogP contribution >= 0.6 is 22.6 Å². The van der Waals surface area contributed by atoms with Crippen LogP contribution in [0.25, 0.3) is 0 Å². The molecule has 1 aromatic heterocycles. The van der Waals surface area contributed by atoms with Gasteiger partial charge in [0, 0.05) is 9.77 Å². The van der Waals surface area contributed by atoms with Gasteiger partial charge in [0.2, 0.25) is 0 Å². The van der Waals surface area contributed by atoms with E-state index in [0.717, 1.165) is 15.0 Å². The number of halogens is 1. The van der Waals surface area contributed by atoms with Crippen LogP contribution in [-0.4, -0.2) is 4.98 Å². The molecule has 3 heteroatoms. The van der Waals surface area contributed by atoms with E-state index in [1.165, 1.54) is 0 Å². The predicted molar refractivity (Wildman–Crippen MR) is 46.1 cm³/mol. The van der Waals surface area contributed by atoms with Crippen LogP contribution in [-0.2, 0) is 0 Å². The lowest BCUT2D eigenvalue weighted by Gasteiger charge is -1.98. The zero-order chi connectivity index (χ0) is 6.85. The summed E-state index contributed by atoms with van der Waals surface area (Å²) < 4.78 is 1.07. The summed E-state index contributed by atoms with van der Waals surface area (Å²) in [4.78, 5) is 4.01. The van der Waals surface area contributed by atoms with Gasteiger partial charge in [0.15, 0.2) is 0 Å². The highest BCUT2D eigenvalue weighted by atomic mass is 127. The summed E-state index contributed by atoms with van der Waals surface area (Å²) in [5.41, 5.74) is 7.31. The topological polar surface area (TPSA) is 38.9 Å². The van der Waals surface area contributed by atoms with E-state index in [1.54, 1.807) is 6.20 Å². The first-order valence-electron chi connectivity index (χ1n) is 2.58. The van der Waals surface area contributed by atoms with Crippen LogP contribution in [0.2, 0.25) is 0 Å². The first-order valence-corrected chi connectivity index (χ1v) is 3.66. The van der Waals surface area contributed by atoms with Crippen LogP contribution in [0.1, 0.15) is 5.69 Å². The molecule has 0 atom stereocenters. The highest BCUT2D eigenvalue weighted by molar-refractivity contribution is 14.1. The van der Waals surface area contributed by atoms with Gasteiger partial charge < -0.3 is 5.73 Å². The van der Waals surface area contributed by atoms with Crippen LogP contribution in [0.3, 0.4) is 0 Å². The summed E-state index contributed by atoms with van der Waals surface area (Å²) in [5.74, 6) is 0. The normalized spacial score (nSPS) is 9.56. The minimum atomic E-state index is 0.790. The van der Waals surface area contributed by atoms with Crippen molar-refractivity contribution in [2.24, 2.45) is 0 Å². The Kier molecular flexibility index (Phi) is 1.90. The Hall–Kier alpha value is -0.320. The Bertz CT molecular complexity index is 202. The van der Waals surface area contributed by atoms with Crippen molar-refractivity contribution in [3.8, 4) is 0 Å². The third-order valence-corrected chi connectivity index (χ3v) is 2.08. The number of nitrogens with two attached hydrogens (primary N) is 1. The molecule has 9 heavy (non-hydrogen) atoms. The minimum absolute atomic E-state index is 0.790. The second-order valence-corrected chi connectivity index (χ2v) is 2.95. The quantitative estimate of drug-likeness (QED) is 0.692. The van der Waals surface area contributed by atoms with Crippen LogP contribution in [0.5, 0.6) is 0 Å². The molecule has 0 radical (unpaired) electrons. The van der Waals surface area contributed by atoms with Crippen LogP contribution < -0.4 is 5.73 Å². The maximum Gasteiger partial charge on any atom is 0.0666 e. The molecule has 2 nitrogen and oxygen atoms in total. The summed E-state index contributed by atoms with van der Waals surface area (Å²) >= 11 is 2.18. The Balaban J connectivity index is 3.25. The summed E-state index contributed by atoms with van der Waals surface area (Å²) in [5, 5.41) is 0. The minimum Gasteiger partial charge on any atom is -0.396 e. The van der Waals surface area contributed by atoms with E-state index in [2.05, 4.69) is 27.6 Å². The van der Waals surface area contributed by atoms with Crippen LogP contribution in [0.15, 0.2) is 12.3 Å². The monoisotopic (exact) mass is 234 g/mol. The van der Waals surface area contributed by atoms with E-state index in [9.17, 15) is 0 Å². The molecule has 1 heterocycles. The van der Waals surface area contributed by atoms with Gasteiger partial charge in [-0.2, -0.15) is 0 Å². The number of hydrogen-bond donors (Lipinski definition) is 1. The van der Waals surface area contributed by atoms with Gasteiger partial charge in [0.25, 0.3) is 0 Å². The van der Waals surface area contributed by atoms with Crippen molar-refractivity contribution in [2.45, 2.75) is 6.92 Å². The van der Waals surface area contributed by atoms with E-state index in [1.807, 2.05) is 13.0 Å². The molecule has 0 aliphatic carbocycles. The second kappa shape index (κ2) is 2.51. The van der Waals surface area contributed by atoms with E-state index >= 15 is 0 Å². The summed E-state index contributed by atoms with van der Waals surface area (Å²) in [6.07, 6.45) is 1.76. The van der Waals surface area contributed by atoms with Gasteiger partial charge in [-0.3, -0.25) is 4.98 Å². The number of hydrogen-bond acceptors (Lipinski definition) is 2. The van der Waals surface area contributed by atoms with Crippen molar-refractivity contribution >= 4 is 28.3 Å². The van der Waals surface area contributed by atoms with Gasteiger partial charge in [0.05, 0.1) is 11.4 Å². The van der Waals surface area contributed by atoms with Crippen molar-refractivity contribution in [1.82, 2.24) is 4.98 Å². The first-order chi connectivity index (χ1) is 4.22. The van der Waals surface area contributed by atoms with Gasteiger partial charge in [0.1, 0.15) is 0 Å². The van der Waals surface area contributed by atoms with Gasteiger partial charge in [-0.1, -0.05) is 0 Å². The molecule has 0 saturated carbocycles. The van der Waals surface area contributed by atoms with Crippen molar-refractivity contribution in [2.75, 3.05) is 5.73 Å². The van der Waals surface area contributed by atoms with Crippen molar-refractivity contribution in [3.05, 3.63) is 21.5 Å². The van der Waals surface area contributed by atoms with Crippen LogP contribution in [0, 0.1) is 10.5 Å². The molecule has 0 aromatic carbocycles. The van der Waals surface area contributed by atoms with E-state index in [-0.39, 0.29) is 0 Å². The lowest BCUT2D eigenvalue weighted by atomic mass is 10.3. The Morgan fingerprint density at radius 1 is 1.67 bits per heavy atom. The molecule has 0 fully saturated rings. The molecule has 0 unspecified atom stereocenters. The molecule has 1 aromatic rings. The van der Waals surface area contributed by atoms with Crippen molar-refractivity contribution in [3.63, 3.8) is 0 Å². The average Bonchev–Trinajstić information content (AvgIpc) is 1.83. The van der Waals surface area contributed by atoms with E-state index in [4.69, 9.17) is 5.73 Å². The predicted octanol–water partition coefficient (Wildman–Crippen LogP) is 1.58. The lowest BCUT2D eigenvalue weighted by Crippen LogP contribution is -1.94. The summed E-state index contributed by atoms with van der Waals surface area (Å²) in [7, 11) is 0. The number of aryl methyl sites for hydroxylation is 1. The molecule has 2 N–H and O–H groups in total. The summed E-state index contributed by atoms with van der Waals surface area (Å²) in [6.45, 7) is 1.90. The molecule has 48 valence electrons. The zero-order valence-corrected chi connectivity index (χ0v) is 7.21. The fourth-order valence-corrected chi connectivity index (χ4v) is 1.10. The molecule has 0 aliphatic rings. The van der Waals surface area contributed by atoms with Crippen molar-refractivity contribution in [1.29, 1.82) is 0 Å². The highest BCUT2D eigenvalue weighted by Crippen LogP contribution is 2.15. The molecule has 1 rings (SSSR count). The largest absolute Gasteiger partial charge is 0.396 e. The molecular formula is C6H7IN2. The molecule has 0 amide bonds. The maximum absolute atomic E-state index is 5.61. The number of aromatic nitrogens is 1. The molecule has 0 spiro atoms. The fourth-order valence-electron chi connectivity index (χ4n) is 0.547. The maximum atomic E-state index is 5.61.